The van der Waals surface area contributed by atoms with Crippen LogP contribution in [0.4, 0.5) is 8.78 Å². The molecule has 0 aliphatic heterocycles. The number of aromatic hydroxyl groups is 1. The second-order valence-corrected chi connectivity index (χ2v) is 3.56. The minimum absolute atomic E-state index is 0. The molecule has 5 heteroatoms. The molecule has 2 nitrogen and oxygen atoms in total. The molecule has 0 heterocycles. The number of nitrogens with two attached hydrogens (primary N) is 1. The van der Waals surface area contributed by atoms with Crippen molar-refractivity contribution in [1.82, 2.24) is 0 Å². The molecule has 1 rings (SSSR count). The molecule has 0 aromatic heterocycles. The molecule has 0 saturated heterocycles. The Morgan fingerprint density at radius 3 is 2.44 bits per heavy atom. The second kappa shape index (κ2) is 5.82. The molecule has 0 fully saturated rings. The molecule has 0 saturated carbocycles. The first-order chi connectivity index (χ1) is 6.93. The van der Waals surface area contributed by atoms with Crippen molar-refractivity contribution in [3.63, 3.8) is 0 Å². The van der Waals surface area contributed by atoms with E-state index in [0.717, 1.165) is 17.7 Å². The highest BCUT2D eigenvalue weighted by molar-refractivity contribution is 5.85. The predicted molar refractivity (Wildman–Crippen MR) is 61.6 cm³/mol. The van der Waals surface area contributed by atoms with Crippen LogP contribution in [-0.2, 0) is 0 Å². The van der Waals surface area contributed by atoms with Crippen LogP contribution in [0.5, 0.6) is 5.75 Å². The Hall–Kier alpha value is -1.13. The molecule has 3 N–H and O–H groups in total. The highest BCUT2D eigenvalue weighted by Gasteiger charge is 2.19. The third-order valence-electron chi connectivity index (χ3n) is 2.05. The Bertz CT molecular complexity index is 396. The molecule has 1 atom stereocenters. The lowest BCUT2D eigenvalue weighted by atomic mass is 9.99. The summed E-state index contributed by atoms with van der Waals surface area (Å²) in [7, 11) is 0. The van der Waals surface area contributed by atoms with Gasteiger partial charge in [-0.2, -0.15) is 0 Å². The first-order valence-corrected chi connectivity index (χ1v) is 4.50. The monoisotopic (exact) mass is 249 g/mol. The molecule has 1 aromatic rings. The van der Waals surface area contributed by atoms with Crippen LogP contribution in [0.15, 0.2) is 24.3 Å². The summed E-state index contributed by atoms with van der Waals surface area (Å²) >= 11 is 0. The highest BCUT2D eigenvalue weighted by Crippen LogP contribution is 2.31. The predicted octanol–water partition coefficient (Wildman–Crippen LogP) is 3.06. The lowest BCUT2D eigenvalue weighted by molar-refractivity contribution is 0.410. The zero-order chi connectivity index (χ0) is 11.6. The second-order valence-electron chi connectivity index (χ2n) is 3.56. The minimum atomic E-state index is -0.872. The van der Waals surface area contributed by atoms with Crippen LogP contribution in [0.25, 0.3) is 0 Å². The molecule has 90 valence electrons. The maximum absolute atomic E-state index is 13.3. The van der Waals surface area contributed by atoms with E-state index in [0.29, 0.717) is 6.42 Å². The molecule has 0 spiro atoms. The summed E-state index contributed by atoms with van der Waals surface area (Å²) in [5, 5.41) is 9.34. The quantitative estimate of drug-likeness (QED) is 0.809. The minimum Gasteiger partial charge on any atom is -0.505 e. The van der Waals surface area contributed by atoms with Crippen molar-refractivity contribution >= 4 is 12.4 Å². The number of phenolic OH excluding ortho intramolecular Hbond substituents is 1. The third kappa shape index (κ3) is 3.18. The fraction of sp³-hybridized carbons (Fsp3) is 0.273. The third-order valence-corrected chi connectivity index (χ3v) is 2.05. The Morgan fingerprint density at radius 1 is 1.44 bits per heavy atom. The van der Waals surface area contributed by atoms with Crippen molar-refractivity contribution < 1.29 is 13.9 Å². The van der Waals surface area contributed by atoms with E-state index in [1.165, 1.54) is 0 Å². The van der Waals surface area contributed by atoms with Crippen LogP contribution in [0.2, 0.25) is 0 Å². The Labute approximate surface area is 99.2 Å². The van der Waals surface area contributed by atoms with Gasteiger partial charge in [0.1, 0.15) is 5.82 Å². The van der Waals surface area contributed by atoms with E-state index in [9.17, 15) is 13.9 Å². The van der Waals surface area contributed by atoms with Crippen molar-refractivity contribution in [3.8, 4) is 5.75 Å². The Morgan fingerprint density at radius 2 is 1.94 bits per heavy atom. The Kier molecular flexibility index (Phi) is 5.41. The fourth-order valence-electron chi connectivity index (χ4n) is 1.39. The van der Waals surface area contributed by atoms with Gasteiger partial charge in [0.25, 0.3) is 0 Å². The topological polar surface area (TPSA) is 46.2 Å². The zero-order valence-electron chi connectivity index (χ0n) is 8.84. The van der Waals surface area contributed by atoms with Crippen molar-refractivity contribution in [2.75, 3.05) is 0 Å². The van der Waals surface area contributed by atoms with Gasteiger partial charge in [-0.15, -0.1) is 19.0 Å². The van der Waals surface area contributed by atoms with Crippen LogP contribution in [0, 0.1) is 11.6 Å². The summed E-state index contributed by atoms with van der Waals surface area (Å²) in [5.74, 6) is -2.30. The van der Waals surface area contributed by atoms with Gasteiger partial charge < -0.3 is 10.8 Å². The van der Waals surface area contributed by atoms with E-state index < -0.39 is 23.4 Å². The zero-order valence-corrected chi connectivity index (χ0v) is 9.65. The normalized spacial score (nSPS) is 11.8. The first-order valence-electron chi connectivity index (χ1n) is 4.50. The molecule has 16 heavy (non-hydrogen) atoms. The average molecular weight is 250 g/mol. The van der Waals surface area contributed by atoms with E-state index in [-0.39, 0.29) is 18.0 Å². The van der Waals surface area contributed by atoms with E-state index in [2.05, 4.69) is 6.58 Å². The van der Waals surface area contributed by atoms with Gasteiger partial charge in [-0.1, -0.05) is 5.57 Å². The standard InChI is InChI=1S/C11H13F2NO.ClH/c1-6(2)5-9(14)10-7(12)3-4-8(13)11(10)15;/h3-4,9,15H,1,5,14H2,2H3;1H/t9-;/m0./s1. The maximum atomic E-state index is 13.3. The van der Waals surface area contributed by atoms with E-state index in [4.69, 9.17) is 5.73 Å². The van der Waals surface area contributed by atoms with Gasteiger partial charge in [0.2, 0.25) is 0 Å². The van der Waals surface area contributed by atoms with Crippen molar-refractivity contribution in [3.05, 3.63) is 41.5 Å². The van der Waals surface area contributed by atoms with Crippen LogP contribution in [-0.4, -0.2) is 5.11 Å². The van der Waals surface area contributed by atoms with Crippen LogP contribution in [0.1, 0.15) is 24.9 Å². The lowest BCUT2D eigenvalue weighted by Gasteiger charge is -2.14. The van der Waals surface area contributed by atoms with Gasteiger partial charge in [-0.25, -0.2) is 8.78 Å². The van der Waals surface area contributed by atoms with Crippen molar-refractivity contribution in [1.29, 1.82) is 0 Å². The van der Waals surface area contributed by atoms with E-state index in [1.807, 2.05) is 0 Å². The average Bonchev–Trinajstić information content (AvgIpc) is 2.11. The summed E-state index contributed by atoms with van der Waals surface area (Å²) in [6.07, 6.45) is 0.300. The molecule has 0 radical (unpaired) electrons. The van der Waals surface area contributed by atoms with Gasteiger partial charge in [0.15, 0.2) is 11.6 Å². The summed E-state index contributed by atoms with van der Waals surface area (Å²) in [6, 6.07) is 1.03. The van der Waals surface area contributed by atoms with Gasteiger partial charge in [0.05, 0.1) is 0 Å². The first kappa shape index (κ1) is 14.9. The number of rotatable bonds is 3. The van der Waals surface area contributed by atoms with Gasteiger partial charge in [-0.05, 0) is 25.5 Å². The van der Waals surface area contributed by atoms with E-state index >= 15 is 0 Å². The fourth-order valence-corrected chi connectivity index (χ4v) is 1.39. The van der Waals surface area contributed by atoms with Crippen LogP contribution >= 0.6 is 12.4 Å². The summed E-state index contributed by atoms with van der Waals surface area (Å²) in [5.41, 5.74) is 6.18. The maximum Gasteiger partial charge on any atom is 0.165 e. The van der Waals surface area contributed by atoms with Gasteiger partial charge in [-0.3, -0.25) is 0 Å². The van der Waals surface area contributed by atoms with Crippen LogP contribution in [0.3, 0.4) is 0 Å². The van der Waals surface area contributed by atoms with Gasteiger partial charge >= 0.3 is 0 Å². The smallest absolute Gasteiger partial charge is 0.165 e. The molecular formula is C11H14ClF2NO. The molecule has 0 bridgehead atoms. The molecule has 0 aliphatic rings. The van der Waals surface area contributed by atoms with Crippen molar-refractivity contribution in [2.24, 2.45) is 5.73 Å². The number of halogens is 3. The summed E-state index contributed by atoms with van der Waals surface area (Å²) in [6.45, 7) is 5.35. The SMILES string of the molecule is C=C(C)C[C@H](N)c1c(F)ccc(F)c1O.Cl. The lowest BCUT2D eigenvalue weighted by Crippen LogP contribution is -2.13. The van der Waals surface area contributed by atoms with Gasteiger partial charge in [0, 0.05) is 11.6 Å². The van der Waals surface area contributed by atoms with E-state index in [1.54, 1.807) is 6.92 Å². The number of phenols is 1. The molecular weight excluding hydrogens is 236 g/mol. The van der Waals surface area contributed by atoms with Crippen LogP contribution < -0.4 is 5.73 Å². The largest absolute Gasteiger partial charge is 0.505 e. The highest BCUT2D eigenvalue weighted by atomic mass is 35.5. The summed E-state index contributed by atoms with van der Waals surface area (Å²) < 4.78 is 26.3. The Balaban J connectivity index is 0.00000225. The number of hydrogen-bond acceptors (Lipinski definition) is 2. The number of benzene rings is 1. The molecule has 0 aliphatic carbocycles. The molecule has 0 unspecified atom stereocenters. The van der Waals surface area contributed by atoms with Crippen molar-refractivity contribution in [2.45, 2.75) is 19.4 Å². The molecule has 1 aromatic carbocycles. The summed E-state index contributed by atoms with van der Waals surface area (Å²) in [4.78, 5) is 0. The molecule has 0 amide bonds. The number of hydrogen-bond donors (Lipinski definition) is 2.